The molecule has 2 rings (SSSR count). The van der Waals surface area contributed by atoms with E-state index in [2.05, 4.69) is 37.9 Å². The lowest BCUT2D eigenvalue weighted by Gasteiger charge is -2.11. The number of para-hydroxylation sites is 1. The number of benzene rings is 2. The molecule has 88 valence electrons. The number of hydrogen-bond donors (Lipinski definition) is 0. The average Bonchev–Trinajstić information content (AvgIpc) is 2.34. The van der Waals surface area contributed by atoms with Crippen LogP contribution in [0.5, 0.6) is 11.5 Å². The van der Waals surface area contributed by atoms with Crippen molar-refractivity contribution < 1.29 is 4.74 Å². The van der Waals surface area contributed by atoms with Crippen LogP contribution in [0.1, 0.15) is 11.1 Å². The Labute approximate surface area is 118 Å². The highest BCUT2D eigenvalue weighted by atomic mass is 79.9. The van der Waals surface area contributed by atoms with Crippen molar-refractivity contribution in [2.75, 3.05) is 0 Å². The lowest BCUT2D eigenvalue weighted by Crippen LogP contribution is -1.91. The summed E-state index contributed by atoms with van der Waals surface area (Å²) in [6, 6.07) is 14.0. The Bertz CT molecular complexity index is 523. The number of alkyl halides is 1. The monoisotopic (exact) mass is 354 g/mol. The molecule has 0 N–H and O–H groups in total. The van der Waals surface area contributed by atoms with Crippen LogP contribution in [0.15, 0.2) is 46.9 Å². The van der Waals surface area contributed by atoms with Gasteiger partial charge in [0.2, 0.25) is 0 Å². The van der Waals surface area contributed by atoms with Crippen molar-refractivity contribution in [2.24, 2.45) is 0 Å². The SMILES string of the molecule is Cc1ccccc1Oc1ccc(Br)cc1CBr. The lowest BCUT2D eigenvalue weighted by molar-refractivity contribution is 0.475. The smallest absolute Gasteiger partial charge is 0.131 e. The van der Waals surface area contributed by atoms with Crippen molar-refractivity contribution in [2.45, 2.75) is 12.3 Å². The van der Waals surface area contributed by atoms with E-state index in [9.17, 15) is 0 Å². The number of ether oxygens (including phenoxy) is 1. The van der Waals surface area contributed by atoms with Gasteiger partial charge in [-0.2, -0.15) is 0 Å². The molecule has 0 bridgehead atoms. The van der Waals surface area contributed by atoms with Crippen molar-refractivity contribution in [1.29, 1.82) is 0 Å². The van der Waals surface area contributed by atoms with E-state index in [1.54, 1.807) is 0 Å². The zero-order valence-electron chi connectivity index (χ0n) is 9.41. The van der Waals surface area contributed by atoms with Crippen molar-refractivity contribution in [3.63, 3.8) is 0 Å². The molecular formula is C14H12Br2O. The van der Waals surface area contributed by atoms with Gasteiger partial charge < -0.3 is 4.74 Å². The van der Waals surface area contributed by atoms with Crippen molar-refractivity contribution in [3.05, 3.63) is 58.1 Å². The molecule has 0 unspecified atom stereocenters. The van der Waals surface area contributed by atoms with E-state index in [-0.39, 0.29) is 0 Å². The van der Waals surface area contributed by atoms with Crippen LogP contribution in [0.2, 0.25) is 0 Å². The second-order valence-electron chi connectivity index (χ2n) is 3.75. The van der Waals surface area contributed by atoms with Gasteiger partial charge in [-0.3, -0.25) is 0 Å². The third-order valence-electron chi connectivity index (χ3n) is 2.48. The maximum Gasteiger partial charge on any atom is 0.131 e. The van der Waals surface area contributed by atoms with E-state index in [1.807, 2.05) is 43.3 Å². The van der Waals surface area contributed by atoms with Crippen LogP contribution < -0.4 is 4.74 Å². The van der Waals surface area contributed by atoms with Crippen molar-refractivity contribution in [3.8, 4) is 11.5 Å². The van der Waals surface area contributed by atoms with Gasteiger partial charge in [-0.1, -0.05) is 50.1 Å². The second kappa shape index (κ2) is 5.69. The molecule has 2 aromatic rings. The van der Waals surface area contributed by atoms with Crippen LogP contribution in [-0.2, 0) is 5.33 Å². The number of aryl methyl sites for hydroxylation is 1. The second-order valence-corrected chi connectivity index (χ2v) is 5.23. The first-order valence-electron chi connectivity index (χ1n) is 5.28. The summed E-state index contributed by atoms with van der Waals surface area (Å²) in [6.45, 7) is 2.04. The quantitative estimate of drug-likeness (QED) is 0.665. The Balaban J connectivity index is 2.33. The van der Waals surface area contributed by atoms with Gasteiger partial charge in [0.25, 0.3) is 0 Å². The first-order chi connectivity index (χ1) is 8.20. The van der Waals surface area contributed by atoms with E-state index in [0.717, 1.165) is 32.4 Å². The van der Waals surface area contributed by atoms with Gasteiger partial charge in [-0.15, -0.1) is 0 Å². The molecule has 0 radical (unpaired) electrons. The predicted molar refractivity (Wildman–Crippen MR) is 78.0 cm³/mol. The third kappa shape index (κ3) is 3.11. The van der Waals surface area contributed by atoms with Gasteiger partial charge in [0, 0.05) is 15.4 Å². The van der Waals surface area contributed by atoms with Crippen LogP contribution >= 0.6 is 31.9 Å². The largest absolute Gasteiger partial charge is 0.457 e. The first kappa shape index (κ1) is 12.7. The van der Waals surface area contributed by atoms with Crippen LogP contribution in [0.25, 0.3) is 0 Å². The summed E-state index contributed by atoms with van der Waals surface area (Å²) in [5.74, 6) is 1.79. The summed E-state index contributed by atoms with van der Waals surface area (Å²) in [6.07, 6.45) is 0. The van der Waals surface area contributed by atoms with E-state index in [4.69, 9.17) is 4.74 Å². The molecule has 0 spiro atoms. The van der Waals surface area contributed by atoms with Crippen molar-refractivity contribution >= 4 is 31.9 Å². The Kier molecular flexibility index (Phi) is 4.24. The Morgan fingerprint density at radius 1 is 1.06 bits per heavy atom. The molecule has 0 aliphatic rings. The standard InChI is InChI=1S/C14H12Br2O/c1-10-4-2-3-5-13(10)17-14-7-6-12(16)8-11(14)9-15/h2-8H,9H2,1H3. The van der Waals surface area contributed by atoms with E-state index in [1.165, 1.54) is 0 Å². The molecule has 0 amide bonds. The van der Waals surface area contributed by atoms with E-state index in [0.29, 0.717) is 0 Å². The molecule has 0 saturated carbocycles. The third-order valence-corrected chi connectivity index (χ3v) is 3.58. The van der Waals surface area contributed by atoms with Crippen LogP contribution in [0.3, 0.4) is 0 Å². The van der Waals surface area contributed by atoms with Gasteiger partial charge in [-0.05, 0) is 36.8 Å². The lowest BCUT2D eigenvalue weighted by atomic mass is 10.2. The highest BCUT2D eigenvalue weighted by Crippen LogP contribution is 2.30. The highest BCUT2D eigenvalue weighted by Gasteiger charge is 2.06. The minimum atomic E-state index is 0.771. The molecule has 0 aliphatic carbocycles. The van der Waals surface area contributed by atoms with Crippen LogP contribution in [-0.4, -0.2) is 0 Å². The molecule has 1 nitrogen and oxygen atoms in total. The summed E-state index contributed by atoms with van der Waals surface area (Å²) in [5, 5.41) is 0.771. The fraction of sp³-hybridized carbons (Fsp3) is 0.143. The van der Waals surface area contributed by atoms with Crippen molar-refractivity contribution in [1.82, 2.24) is 0 Å². The minimum Gasteiger partial charge on any atom is -0.457 e. The molecule has 17 heavy (non-hydrogen) atoms. The Hall–Kier alpha value is -0.800. The molecule has 0 atom stereocenters. The fourth-order valence-electron chi connectivity index (χ4n) is 1.54. The zero-order valence-corrected chi connectivity index (χ0v) is 12.6. The molecule has 2 aromatic carbocycles. The summed E-state index contributed by atoms with van der Waals surface area (Å²) < 4.78 is 6.99. The summed E-state index contributed by atoms with van der Waals surface area (Å²) >= 11 is 6.93. The number of hydrogen-bond acceptors (Lipinski definition) is 1. The maximum absolute atomic E-state index is 5.94. The normalized spacial score (nSPS) is 10.3. The average molecular weight is 356 g/mol. The minimum absolute atomic E-state index is 0.771. The molecule has 0 saturated heterocycles. The summed E-state index contributed by atoms with van der Waals surface area (Å²) in [5.41, 5.74) is 2.26. The number of halogens is 2. The van der Waals surface area contributed by atoms with Crippen LogP contribution in [0.4, 0.5) is 0 Å². The van der Waals surface area contributed by atoms with Gasteiger partial charge in [0.15, 0.2) is 0 Å². The molecule has 0 fully saturated rings. The van der Waals surface area contributed by atoms with Gasteiger partial charge in [0.05, 0.1) is 0 Å². The predicted octanol–water partition coefficient (Wildman–Crippen LogP) is 5.44. The fourth-order valence-corrected chi connectivity index (χ4v) is 2.39. The summed E-state index contributed by atoms with van der Waals surface area (Å²) in [7, 11) is 0. The Morgan fingerprint density at radius 2 is 1.82 bits per heavy atom. The molecular weight excluding hydrogens is 344 g/mol. The highest BCUT2D eigenvalue weighted by molar-refractivity contribution is 9.10. The molecule has 0 aliphatic heterocycles. The molecule has 0 heterocycles. The number of rotatable bonds is 3. The van der Waals surface area contributed by atoms with E-state index >= 15 is 0 Å². The Morgan fingerprint density at radius 3 is 2.53 bits per heavy atom. The van der Waals surface area contributed by atoms with Gasteiger partial charge in [-0.25, -0.2) is 0 Å². The molecule has 0 aromatic heterocycles. The van der Waals surface area contributed by atoms with Gasteiger partial charge in [0.1, 0.15) is 11.5 Å². The summed E-state index contributed by atoms with van der Waals surface area (Å²) in [4.78, 5) is 0. The maximum atomic E-state index is 5.94. The van der Waals surface area contributed by atoms with Crippen LogP contribution in [0, 0.1) is 6.92 Å². The first-order valence-corrected chi connectivity index (χ1v) is 7.20. The van der Waals surface area contributed by atoms with E-state index < -0.39 is 0 Å². The van der Waals surface area contributed by atoms with Gasteiger partial charge >= 0.3 is 0 Å². The topological polar surface area (TPSA) is 9.23 Å². The molecule has 3 heteroatoms. The zero-order chi connectivity index (χ0) is 12.3.